The number of ether oxygens (including phenoxy) is 1. The van der Waals surface area contributed by atoms with Crippen LogP contribution >= 0.6 is 15.9 Å². The second-order valence-corrected chi connectivity index (χ2v) is 5.91. The third kappa shape index (κ3) is 3.31. The van der Waals surface area contributed by atoms with E-state index in [9.17, 15) is 4.79 Å². The van der Waals surface area contributed by atoms with Gasteiger partial charge in [-0.3, -0.25) is 4.79 Å². The van der Waals surface area contributed by atoms with E-state index in [-0.39, 0.29) is 5.56 Å². The number of hydrogen-bond acceptors (Lipinski definition) is 5. The van der Waals surface area contributed by atoms with Gasteiger partial charge in [0.05, 0.1) is 13.2 Å². The van der Waals surface area contributed by atoms with Crippen molar-refractivity contribution in [2.75, 3.05) is 36.5 Å². The van der Waals surface area contributed by atoms with E-state index < -0.39 is 0 Å². The first kappa shape index (κ1) is 15.1. The molecule has 0 amide bonds. The number of halogens is 1. The molecule has 1 saturated heterocycles. The Labute approximate surface area is 136 Å². The van der Waals surface area contributed by atoms with Gasteiger partial charge in [0.2, 0.25) is 0 Å². The Morgan fingerprint density at radius 1 is 1.23 bits per heavy atom. The number of morpholine rings is 1. The van der Waals surface area contributed by atoms with Gasteiger partial charge in [-0.2, -0.15) is 0 Å². The quantitative estimate of drug-likeness (QED) is 0.903. The lowest BCUT2D eigenvalue weighted by Crippen LogP contribution is -2.36. The Morgan fingerprint density at radius 3 is 2.59 bits per heavy atom. The molecule has 3 rings (SSSR count). The maximum atomic E-state index is 12.0. The maximum Gasteiger partial charge on any atom is 0.293 e. The molecule has 1 fully saturated rings. The molecule has 2 aromatic rings. The maximum absolute atomic E-state index is 12.0. The van der Waals surface area contributed by atoms with Crippen LogP contribution in [0.25, 0.3) is 0 Å². The summed E-state index contributed by atoms with van der Waals surface area (Å²) in [6, 6.07) is 7.98. The van der Waals surface area contributed by atoms with Crippen LogP contribution in [-0.4, -0.2) is 35.9 Å². The van der Waals surface area contributed by atoms with E-state index in [2.05, 4.69) is 31.1 Å². The van der Waals surface area contributed by atoms with Crippen LogP contribution in [0.15, 0.2) is 39.9 Å². The zero-order valence-corrected chi connectivity index (χ0v) is 13.8. The fourth-order valence-corrected chi connectivity index (χ4v) is 2.85. The number of anilines is 3. The van der Waals surface area contributed by atoms with Gasteiger partial charge in [0.15, 0.2) is 5.82 Å². The van der Waals surface area contributed by atoms with Crippen molar-refractivity contribution >= 4 is 33.1 Å². The van der Waals surface area contributed by atoms with Crippen molar-refractivity contribution in [2.45, 2.75) is 0 Å². The lowest BCUT2D eigenvalue weighted by Gasteiger charge is -2.28. The molecule has 1 aliphatic heterocycles. The zero-order chi connectivity index (χ0) is 15.5. The topological polar surface area (TPSA) is 59.4 Å². The number of benzene rings is 1. The lowest BCUT2D eigenvalue weighted by molar-refractivity contribution is 0.122. The molecule has 0 aliphatic carbocycles. The highest BCUT2D eigenvalue weighted by molar-refractivity contribution is 9.10. The number of aryl methyl sites for hydroxylation is 1. The highest BCUT2D eigenvalue weighted by atomic mass is 79.9. The van der Waals surface area contributed by atoms with Crippen LogP contribution in [0.2, 0.25) is 0 Å². The predicted molar refractivity (Wildman–Crippen MR) is 89.9 cm³/mol. The summed E-state index contributed by atoms with van der Waals surface area (Å²) >= 11 is 3.29. The second kappa shape index (κ2) is 6.50. The van der Waals surface area contributed by atoms with Crippen LogP contribution in [0, 0.1) is 0 Å². The molecule has 0 radical (unpaired) electrons. The summed E-state index contributed by atoms with van der Waals surface area (Å²) in [6.07, 6.45) is 1.63. The molecule has 1 aromatic heterocycles. The van der Waals surface area contributed by atoms with Crippen LogP contribution in [0.1, 0.15) is 0 Å². The minimum Gasteiger partial charge on any atom is -0.378 e. The first-order chi connectivity index (χ1) is 10.6. The minimum atomic E-state index is -0.166. The van der Waals surface area contributed by atoms with E-state index >= 15 is 0 Å². The Kier molecular flexibility index (Phi) is 4.44. The van der Waals surface area contributed by atoms with Crippen molar-refractivity contribution < 1.29 is 4.74 Å². The van der Waals surface area contributed by atoms with Gasteiger partial charge in [-0.05, 0) is 40.2 Å². The van der Waals surface area contributed by atoms with E-state index in [0.29, 0.717) is 10.4 Å². The average Bonchev–Trinajstić information content (AvgIpc) is 2.54. The summed E-state index contributed by atoms with van der Waals surface area (Å²) in [4.78, 5) is 18.5. The van der Waals surface area contributed by atoms with Gasteiger partial charge in [0.25, 0.3) is 5.56 Å². The number of nitrogens with one attached hydrogen (secondary N) is 1. The van der Waals surface area contributed by atoms with Gasteiger partial charge < -0.3 is 19.5 Å². The largest absolute Gasteiger partial charge is 0.378 e. The predicted octanol–water partition coefficient (Wildman–Crippen LogP) is 2.12. The number of aromatic nitrogens is 2. The molecule has 116 valence electrons. The Hall–Kier alpha value is -1.86. The smallest absolute Gasteiger partial charge is 0.293 e. The molecule has 2 heterocycles. The van der Waals surface area contributed by atoms with Crippen molar-refractivity contribution in [2.24, 2.45) is 7.05 Å². The summed E-state index contributed by atoms with van der Waals surface area (Å²) in [7, 11) is 1.70. The second-order valence-electron chi connectivity index (χ2n) is 5.10. The first-order valence-electron chi connectivity index (χ1n) is 7.06. The summed E-state index contributed by atoms with van der Waals surface area (Å²) in [5, 5.41) is 3.07. The van der Waals surface area contributed by atoms with Crippen molar-refractivity contribution in [1.82, 2.24) is 9.55 Å². The van der Waals surface area contributed by atoms with Gasteiger partial charge in [-0.1, -0.05) is 0 Å². The van der Waals surface area contributed by atoms with Gasteiger partial charge in [-0.15, -0.1) is 0 Å². The number of hydrogen-bond donors (Lipinski definition) is 1. The molecular weight excluding hydrogens is 348 g/mol. The van der Waals surface area contributed by atoms with Crippen molar-refractivity contribution in [3.8, 4) is 0 Å². The lowest BCUT2D eigenvalue weighted by atomic mass is 10.2. The highest BCUT2D eigenvalue weighted by Gasteiger charge is 2.11. The van der Waals surface area contributed by atoms with E-state index in [4.69, 9.17) is 4.74 Å². The molecule has 0 spiro atoms. The Balaban J connectivity index is 1.77. The van der Waals surface area contributed by atoms with Gasteiger partial charge in [0.1, 0.15) is 4.60 Å². The normalized spacial score (nSPS) is 14.9. The van der Waals surface area contributed by atoms with Crippen LogP contribution in [-0.2, 0) is 11.8 Å². The molecule has 1 aromatic carbocycles. The SMILES string of the molecule is Cn1cc(Br)nc(Nc2ccc(N3CCOCC3)cc2)c1=O. The van der Waals surface area contributed by atoms with Crippen LogP contribution in [0.3, 0.4) is 0 Å². The molecular formula is C15H17BrN4O2. The molecule has 1 aliphatic rings. The third-order valence-electron chi connectivity index (χ3n) is 3.55. The summed E-state index contributed by atoms with van der Waals surface area (Å²) in [5.41, 5.74) is 1.82. The van der Waals surface area contributed by atoms with Crippen LogP contribution in [0.4, 0.5) is 17.2 Å². The Morgan fingerprint density at radius 2 is 1.91 bits per heavy atom. The fraction of sp³-hybridized carbons (Fsp3) is 0.333. The molecule has 0 atom stereocenters. The van der Waals surface area contributed by atoms with Crippen molar-refractivity contribution in [3.63, 3.8) is 0 Å². The molecule has 1 N–H and O–H groups in total. The molecule has 22 heavy (non-hydrogen) atoms. The van der Waals surface area contributed by atoms with Crippen LogP contribution in [0.5, 0.6) is 0 Å². The van der Waals surface area contributed by atoms with E-state index in [1.165, 1.54) is 4.57 Å². The van der Waals surface area contributed by atoms with Gasteiger partial charge in [-0.25, -0.2) is 4.98 Å². The van der Waals surface area contributed by atoms with Gasteiger partial charge >= 0.3 is 0 Å². The van der Waals surface area contributed by atoms with Gasteiger partial charge in [0, 0.05) is 37.7 Å². The number of nitrogens with zero attached hydrogens (tertiary/aromatic N) is 3. The average molecular weight is 365 g/mol. The Bertz CT molecular complexity index is 708. The molecule has 0 bridgehead atoms. The standard InChI is InChI=1S/C15H17BrN4O2/c1-19-10-13(16)18-14(15(19)21)17-11-2-4-12(5-3-11)20-6-8-22-9-7-20/h2-5,10H,6-9H2,1H3,(H,17,18). The summed E-state index contributed by atoms with van der Waals surface area (Å²) < 4.78 is 7.46. The van der Waals surface area contributed by atoms with E-state index in [1.54, 1.807) is 13.2 Å². The third-order valence-corrected chi connectivity index (χ3v) is 3.93. The van der Waals surface area contributed by atoms with Crippen molar-refractivity contribution in [1.29, 1.82) is 0 Å². The molecule has 0 saturated carbocycles. The highest BCUT2D eigenvalue weighted by Crippen LogP contribution is 2.20. The summed E-state index contributed by atoms with van der Waals surface area (Å²) in [6.45, 7) is 3.33. The summed E-state index contributed by atoms with van der Waals surface area (Å²) in [5.74, 6) is 0.302. The van der Waals surface area contributed by atoms with E-state index in [1.807, 2.05) is 24.3 Å². The zero-order valence-electron chi connectivity index (χ0n) is 12.3. The van der Waals surface area contributed by atoms with Crippen LogP contribution < -0.4 is 15.8 Å². The first-order valence-corrected chi connectivity index (χ1v) is 7.86. The van der Waals surface area contributed by atoms with E-state index in [0.717, 1.165) is 37.7 Å². The number of rotatable bonds is 3. The molecule has 6 nitrogen and oxygen atoms in total. The minimum absolute atomic E-state index is 0.166. The molecule has 7 heteroatoms. The molecule has 0 unspecified atom stereocenters. The monoisotopic (exact) mass is 364 g/mol. The fourth-order valence-electron chi connectivity index (χ4n) is 2.36. The van der Waals surface area contributed by atoms with Crippen molar-refractivity contribution in [3.05, 3.63) is 45.4 Å².